The molecule has 7 rings (SSSR count). The lowest BCUT2D eigenvalue weighted by molar-refractivity contribution is 0.0602. The summed E-state index contributed by atoms with van der Waals surface area (Å²) < 4.78 is 6.88. The van der Waals surface area contributed by atoms with E-state index in [2.05, 4.69) is 60.0 Å². The second-order valence-corrected chi connectivity index (χ2v) is 11.9. The fourth-order valence-electron chi connectivity index (χ4n) is 7.02. The number of nitrogens with zero attached hydrogens (tertiary/aromatic N) is 3. The number of aromatic nitrogens is 1. The number of benzene rings is 2. The van der Waals surface area contributed by atoms with Crippen LogP contribution < -0.4 is 4.90 Å². The molecule has 37 heavy (non-hydrogen) atoms. The van der Waals surface area contributed by atoms with E-state index in [9.17, 15) is 4.79 Å². The molecule has 1 N–H and O–H groups in total. The zero-order valence-corrected chi connectivity index (χ0v) is 22.9. The van der Waals surface area contributed by atoms with Crippen LogP contribution in [-0.2, 0) is 10.2 Å². The number of carbonyl (C=O) groups is 1. The smallest absolute Gasteiger partial charge is 0.195 e. The van der Waals surface area contributed by atoms with Gasteiger partial charge >= 0.3 is 0 Å². The van der Waals surface area contributed by atoms with Crippen LogP contribution in [0.25, 0.3) is 10.9 Å². The largest absolute Gasteiger partial charge is 0.381 e. The van der Waals surface area contributed by atoms with Crippen molar-refractivity contribution in [1.82, 2.24) is 9.88 Å². The van der Waals surface area contributed by atoms with Gasteiger partial charge in [-0.3, -0.25) is 14.7 Å². The van der Waals surface area contributed by atoms with Gasteiger partial charge in [0.05, 0.1) is 11.3 Å². The third-order valence-electron chi connectivity index (χ3n) is 9.25. The Balaban J connectivity index is 1.33. The van der Waals surface area contributed by atoms with E-state index in [1.165, 1.54) is 24.9 Å². The summed E-state index contributed by atoms with van der Waals surface area (Å²) in [6.07, 6.45) is 7.68. The number of aromatic amines is 1. The van der Waals surface area contributed by atoms with Crippen LogP contribution in [0.2, 0.25) is 0 Å². The summed E-state index contributed by atoms with van der Waals surface area (Å²) in [4.78, 5) is 27.2. The monoisotopic (exact) mass is 560 g/mol. The summed E-state index contributed by atoms with van der Waals surface area (Å²) in [6.45, 7) is 5.67. The highest BCUT2D eigenvalue weighted by molar-refractivity contribution is 9.10. The molecule has 0 atom stereocenters. The van der Waals surface area contributed by atoms with Gasteiger partial charge in [-0.15, -0.1) is 0 Å². The van der Waals surface area contributed by atoms with E-state index in [0.717, 1.165) is 88.4 Å². The Morgan fingerprint density at radius 2 is 1.89 bits per heavy atom. The van der Waals surface area contributed by atoms with Crippen LogP contribution in [-0.4, -0.2) is 74.4 Å². The van der Waals surface area contributed by atoms with Crippen molar-refractivity contribution in [2.24, 2.45) is 4.99 Å². The molecule has 2 saturated heterocycles. The molecule has 0 amide bonds. The number of rotatable bonds is 3. The van der Waals surface area contributed by atoms with E-state index in [1.54, 1.807) is 7.05 Å². The zero-order chi connectivity index (χ0) is 25.1. The summed E-state index contributed by atoms with van der Waals surface area (Å²) >= 11 is 3.87. The Hall–Kier alpha value is -2.48. The molecule has 3 aromatic rings. The van der Waals surface area contributed by atoms with Crippen molar-refractivity contribution in [1.29, 1.82) is 0 Å². The highest BCUT2D eigenvalue weighted by Gasteiger charge is 2.47. The van der Waals surface area contributed by atoms with Gasteiger partial charge in [0.2, 0.25) is 0 Å². The van der Waals surface area contributed by atoms with Gasteiger partial charge in [0, 0.05) is 90.7 Å². The molecule has 3 fully saturated rings. The van der Waals surface area contributed by atoms with E-state index in [0.29, 0.717) is 13.2 Å². The summed E-state index contributed by atoms with van der Waals surface area (Å²) in [6, 6.07) is 11.4. The minimum Gasteiger partial charge on any atom is -0.381 e. The molecular formula is C30H33BrN4O2. The molecule has 0 radical (unpaired) electrons. The Morgan fingerprint density at radius 1 is 1.11 bits per heavy atom. The van der Waals surface area contributed by atoms with Gasteiger partial charge in [-0.05, 0) is 70.9 Å². The van der Waals surface area contributed by atoms with Crippen molar-refractivity contribution in [3.05, 3.63) is 62.8 Å². The maximum Gasteiger partial charge on any atom is 0.195 e. The van der Waals surface area contributed by atoms with E-state index in [1.807, 2.05) is 12.3 Å². The number of carbonyl (C=O) groups excluding carboxylic acids is 1. The minimum atomic E-state index is -0.252. The van der Waals surface area contributed by atoms with Gasteiger partial charge in [-0.25, -0.2) is 0 Å². The Labute approximate surface area is 226 Å². The Bertz CT molecular complexity index is 1410. The molecule has 4 aliphatic rings. The van der Waals surface area contributed by atoms with Crippen LogP contribution in [0.4, 0.5) is 5.69 Å². The maximum absolute atomic E-state index is 14.1. The highest BCUT2D eigenvalue weighted by Crippen LogP contribution is 2.51. The number of nitrogens with one attached hydrogen (secondary N) is 1. The zero-order valence-electron chi connectivity index (χ0n) is 21.4. The molecule has 7 heteroatoms. The quantitative estimate of drug-likeness (QED) is 0.442. The summed E-state index contributed by atoms with van der Waals surface area (Å²) in [7, 11) is 1.78. The highest BCUT2D eigenvalue weighted by atomic mass is 79.9. The first-order valence-electron chi connectivity index (χ1n) is 13.6. The number of halogens is 1. The molecule has 1 aromatic heterocycles. The molecule has 3 heterocycles. The van der Waals surface area contributed by atoms with Crippen molar-refractivity contribution in [2.75, 3.05) is 51.3 Å². The lowest BCUT2D eigenvalue weighted by Gasteiger charge is -2.45. The fraction of sp³-hybridized carbons (Fsp3) is 0.467. The number of hydrogen-bond acceptors (Lipinski definition) is 5. The number of ether oxygens (including phenoxy) is 1. The number of piperazine rings is 1. The predicted octanol–water partition coefficient (Wildman–Crippen LogP) is 5.29. The van der Waals surface area contributed by atoms with Gasteiger partial charge in [-0.2, -0.15) is 0 Å². The molecule has 0 unspecified atom stereocenters. The fourth-order valence-corrected chi connectivity index (χ4v) is 7.61. The Morgan fingerprint density at radius 3 is 2.59 bits per heavy atom. The summed E-state index contributed by atoms with van der Waals surface area (Å²) in [5.74, 6) is 0.118. The third kappa shape index (κ3) is 3.65. The molecule has 1 spiro atoms. The average Bonchev–Trinajstić information content (AvgIpc) is 3.27. The van der Waals surface area contributed by atoms with Gasteiger partial charge in [0.15, 0.2) is 5.78 Å². The number of anilines is 1. The molecule has 2 aliphatic carbocycles. The molecule has 0 bridgehead atoms. The summed E-state index contributed by atoms with van der Waals surface area (Å²) in [5.41, 5.74) is 6.89. The van der Waals surface area contributed by atoms with Crippen LogP contribution in [0, 0.1) is 0 Å². The molecule has 6 nitrogen and oxygen atoms in total. The van der Waals surface area contributed by atoms with E-state index in [-0.39, 0.29) is 11.2 Å². The molecular weight excluding hydrogens is 528 g/mol. The minimum absolute atomic E-state index is 0.118. The molecule has 2 aliphatic heterocycles. The standard InChI is InChI=1S/C30H33BrN4O2/c1-32-18-19-5-6-21-25(15-19)33-29-27(21)28(36)22-16-24(31)26(17-23(22)30(29)7-13-37-14-8-30)35-11-9-34(10-12-35)20-3-2-4-20/h5-6,15-18,20,33H,2-4,7-14H2,1H3/b32-18-. The summed E-state index contributed by atoms with van der Waals surface area (Å²) in [5, 5.41) is 0.997. The number of aliphatic imine (C=N–C) groups is 1. The predicted molar refractivity (Wildman–Crippen MR) is 152 cm³/mol. The van der Waals surface area contributed by atoms with Gasteiger partial charge in [0.1, 0.15) is 0 Å². The molecule has 192 valence electrons. The van der Waals surface area contributed by atoms with Crippen LogP contribution in [0.3, 0.4) is 0 Å². The van der Waals surface area contributed by atoms with Gasteiger partial charge < -0.3 is 14.6 Å². The number of ketones is 1. The van der Waals surface area contributed by atoms with Crippen molar-refractivity contribution < 1.29 is 9.53 Å². The lowest BCUT2D eigenvalue weighted by Crippen LogP contribution is -2.52. The van der Waals surface area contributed by atoms with Gasteiger partial charge in [-0.1, -0.05) is 18.6 Å². The van der Waals surface area contributed by atoms with Crippen LogP contribution in [0.1, 0.15) is 64.8 Å². The lowest BCUT2D eigenvalue weighted by atomic mass is 9.64. The number of H-pyrrole nitrogens is 1. The normalized spacial score (nSPS) is 22.0. The second kappa shape index (κ2) is 9.07. The van der Waals surface area contributed by atoms with Crippen molar-refractivity contribution in [2.45, 2.75) is 43.6 Å². The van der Waals surface area contributed by atoms with Crippen LogP contribution in [0.5, 0.6) is 0 Å². The molecule has 1 saturated carbocycles. The third-order valence-corrected chi connectivity index (χ3v) is 9.88. The van der Waals surface area contributed by atoms with Crippen molar-refractivity contribution >= 4 is 44.5 Å². The SMILES string of the molecule is C/N=C\c1ccc2c3c([nH]c2c1)C1(CCOCC1)c1cc(N2CCN(C4CCC4)CC2)c(Br)cc1C3=O. The molecule has 2 aromatic carbocycles. The van der Waals surface area contributed by atoms with Crippen molar-refractivity contribution in [3.63, 3.8) is 0 Å². The Kier molecular flexibility index (Phi) is 5.79. The van der Waals surface area contributed by atoms with Crippen LogP contribution >= 0.6 is 15.9 Å². The van der Waals surface area contributed by atoms with Crippen molar-refractivity contribution in [3.8, 4) is 0 Å². The van der Waals surface area contributed by atoms with E-state index in [4.69, 9.17) is 4.74 Å². The topological polar surface area (TPSA) is 60.9 Å². The average molecular weight is 562 g/mol. The first kappa shape index (κ1) is 23.6. The number of fused-ring (bicyclic) bond motifs is 6. The number of hydrogen-bond donors (Lipinski definition) is 1. The van der Waals surface area contributed by atoms with E-state index < -0.39 is 0 Å². The first-order chi connectivity index (χ1) is 18.1. The van der Waals surface area contributed by atoms with E-state index >= 15 is 0 Å². The second-order valence-electron chi connectivity index (χ2n) is 11.0. The maximum atomic E-state index is 14.1. The van der Waals surface area contributed by atoms with Crippen LogP contribution in [0.15, 0.2) is 39.8 Å². The first-order valence-corrected chi connectivity index (χ1v) is 14.4. The van der Waals surface area contributed by atoms with Gasteiger partial charge in [0.25, 0.3) is 0 Å².